The third-order valence-corrected chi connectivity index (χ3v) is 7.43. The molecule has 148 valence electrons. The molecule has 0 bridgehead atoms. The fourth-order valence-corrected chi connectivity index (χ4v) is 5.43. The molecule has 1 aliphatic rings. The fraction of sp³-hybridized carbons (Fsp3) is 0.429. The highest BCUT2D eigenvalue weighted by Crippen LogP contribution is 2.32. The van der Waals surface area contributed by atoms with Crippen molar-refractivity contribution in [3.63, 3.8) is 0 Å². The van der Waals surface area contributed by atoms with Crippen LogP contribution in [0.1, 0.15) is 50.4 Å². The molecule has 0 saturated carbocycles. The number of pyridine rings is 1. The topological polar surface area (TPSA) is 68.1 Å². The van der Waals surface area contributed by atoms with E-state index in [1.54, 1.807) is 22.6 Å². The summed E-state index contributed by atoms with van der Waals surface area (Å²) in [7, 11) is -3.49. The zero-order valence-electron chi connectivity index (χ0n) is 16.5. The molecular weight excluding hydrogens is 372 g/mol. The summed E-state index contributed by atoms with van der Waals surface area (Å²) >= 11 is 0. The van der Waals surface area contributed by atoms with Gasteiger partial charge in [0.2, 0.25) is 10.0 Å². The van der Waals surface area contributed by atoms with Crippen LogP contribution in [0, 0.1) is 0 Å². The third-order valence-electron chi connectivity index (χ3n) is 5.55. The first kappa shape index (κ1) is 19.1. The number of fused-ring (bicyclic) bond motifs is 1. The van der Waals surface area contributed by atoms with Gasteiger partial charge in [0.05, 0.1) is 4.90 Å². The Balaban J connectivity index is 1.60. The third kappa shape index (κ3) is 3.22. The number of aryl methyl sites for hydroxylation is 1. The number of aromatic nitrogens is 3. The highest BCUT2D eigenvalue weighted by molar-refractivity contribution is 7.89. The van der Waals surface area contributed by atoms with Crippen LogP contribution in [0.4, 0.5) is 0 Å². The molecule has 7 heteroatoms. The fourth-order valence-electron chi connectivity index (χ4n) is 3.93. The normalized spacial score (nSPS) is 18.4. The molecule has 28 heavy (non-hydrogen) atoms. The van der Waals surface area contributed by atoms with Crippen LogP contribution in [0.5, 0.6) is 0 Å². The SMILES string of the molecule is CCn1c([C@@H]2CCN(S(=O)(=O)c3ccc(C(C)C)cc3)C2)nc2cccnc21. The lowest BCUT2D eigenvalue weighted by Crippen LogP contribution is -2.29. The van der Waals surface area contributed by atoms with Crippen molar-refractivity contribution in [2.45, 2.75) is 50.5 Å². The summed E-state index contributed by atoms with van der Waals surface area (Å²) in [5, 5.41) is 0. The van der Waals surface area contributed by atoms with Crippen molar-refractivity contribution in [3.8, 4) is 0 Å². The highest BCUT2D eigenvalue weighted by atomic mass is 32.2. The van der Waals surface area contributed by atoms with Crippen molar-refractivity contribution in [2.24, 2.45) is 0 Å². The second-order valence-electron chi connectivity index (χ2n) is 7.63. The first-order chi connectivity index (χ1) is 13.4. The maximum Gasteiger partial charge on any atom is 0.243 e. The van der Waals surface area contributed by atoms with Crippen molar-refractivity contribution in [1.29, 1.82) is 0 Å². The number of imidazole rings is 1. The Hall–Kier alpha value is -2.25. The van der Waals surface area contributed by atoms with Gasteiger partial charge in [0.15, 0.2) is 5.65 Å². The molecule has 0 spiro atoms. The van der Waals surface area contributed by atoms with E-state index in [0.29, 0.717) is 23.9 Å². The average molecular weight is 399 g/mol. The molecule has 1 atom stereocenters. The largest absolute Gasteiger partial charge is 0.313 e. The lowest BCUT2D eigenvalue weighted by molar-refractivity contribution is 0.469. The number of nitrogens with zero attached hydrogens (tertiary/aromatic N) is 4. The highest BCUT2D eigenvalue weighted by Gasteiger charge is 2.35. The molecular formula is C21H26N4O2S. The predicted molar refractivity (Wildman–Crippen MR) is 110 cm³/mol. The molecule has 0 amide bonds. The molecule has 0 N–H and O–H groups in total. The van der Waals surface area contributed by atoms with E-state index in [9.17, 15) is 8.42 Å². The van der Waals surface area contributed by atoms with E-state index >= 15 is 0 Å². The summed E-state index contributed by atoms with van der Waals surface area (Å²) in [4.78, 5) is 9.58. The van der Waals surface area contributed by atoms with Crippen LogP contribution < -0.4 is 0 Å². The number of hydrogen-bond donors (Lipinski definition) is 0. The summed E-state index contributed by atoms with van der Waals surface area (Å²) in [6.07, 6.45) is 2.54. The summed E-state index contributed by atoms with van der Waals surface area (Å²) in [5.41, 5.74) is 2.87. The van der Waals surface area contributed by atoms with Crippen molar-refractivity contribution in [1.82, 2.24) is 18.8 Å². The molecule has 3 aromatic rings. The van der Waals surface area contributed by atoms with Gasteiger partial charge in [0, 0.05) is 31.7 Å². The van der Waals surface area contributed by atoms with Crippen molar-refractivity contribution < 1.29 is 8.42 Å². The quantitative estimate of drug-likeness (QED) is 0.656. The maximum atomic E-state index is 13.1. The minimum Gasteiger partial charge on any atom is -0.313 e. The van der Waals surface area contributed by atoms with Gasteiger partial charge in [0.25, 0.3) is 0 Å². The van der Waals surface area contributed by atoms with E-state index in [1.807, 2.05) is 24.3 Å². The lowest BCUT2D eigenvalue weighted by atomic mass is 10.0. The van der Waals surface area contributed by atoms with Crippen LogP contribution in [0.2, 0.25) is 0 Å². The number of rotatable bonds is 5. The van der Waals surface area contributed by atoms with E-state index in [1.165, 1.54) is 0 Å². The first-order valence-electron chi connectivity index (χ1n) is 9.83. The van der Waals surface area contributed by atoms with Gasteiger partial charge in [0.1, 0.15) is 11.3 Å². The van der Waals surface area contributed by atoms with Gasteiger partial charge in [-0.2, -0.15) is 4.31 Å². The van der Waals surface area contributed by atoms with E-state index in [2.05, 4.69) is 30.3 Å². The van der Waals surface area contributed by atoms with Gasteiger partial charge in [-0.1, -0.05) is 26.0 Å². The average Bonchev–Trinajstić information content (AvgIpc) is 3.32. The van der Waals surface area contributed by atoms with Gasteiger partial charge in [-0.05, 0) is 49.1 Å². The molecule has 2 aromatic heterocycles. The minimum absolute atomic E-state index is 0.0823. The Labute approximate surface area is 166 Å². The summed E-state index contributed by atoms with van der Waals surface area (Å²) in [6.45, 7) is 8.01. The monoisotopic (exact) mass is 398 g/mol. The summed E-state index contributed by atoms with van der Waals surface area (Å²) < 4.78 is 29.9. The molecule has 1 saturated heterocycles. The van der Waals surface area contributed by atoms with Gasteiger partial charge >= 0.3 is 0 Å². The first-order valence-corrected chi connectivity index (χ1v) is 11.3. The molecule has 4 rings (SSSR count). The van der Waals surface area contributed by atoms with Gasteiger partial charge in [-0.3, -0.25) is 0 Å². The number of sulfonamides is 1. The molecule has 1 fully saturated rings. The van der Waals surface area contributed by atoms with E-state index in [0.717, 1.165) is 35.5 Å². The molecule has 3 heterocycles. The molecule has 6 nitrogen and oxygen atoms in total. The zero-order valence-corrected chi connectivity index (χ0v) is 17.4. The van der Waals surface area contributed by atoms with Crippen LogP contribution in [0.25, 0.3) is 11.2 Å². The van der Waals surface area contributed by atoms with Gasteiger partial charge < -0.3 is 4.57 Å². The second kappa shape index (κ2) is 7.29. The Morgan fingerprint density at radius 1 is 1.18 bits per heavy atom. The van der Waals surface area contributed by atoms with Gasteiger partial charge in [-0.25, -0.2) is 18.4 Å². The van der Waals surface area contributed by atoms with Gasteiger partial charge in [-0.15, -0.1) is 0 Å². The Morgan fingerprint density at radius 2 is 1.93 bits per heavy atom. The molecule has 1 aromatic carbocycles. The summed E-state index contributed by atoms with van der Waals surface area (Å²) in [6, 6.07) is 11.1. The van der Waals surface area contributed by atoms with Crippen molar-refractivity contribution in [3.05, 3.63) is 54.0 Å². The molecule has 1 aliphatic heterocycles. The van der Waals surface area contributed by atoms with Crippen molar-refractivity contribution in [2.75, 3.05) is 13.1 Å². The van der Waals surface area contributed by atoms with Crippen LogP contribution >= 0.6 is 0 Å². The number of hydrogen-bond acceptors (Lipinski definition) is 4. The lowest BCUT2D eigenvalue weighted by Gasteiger charge is -2.17. The van der Waals surface area contributed by atoms with E-state index in [4.69, 9.17) is 4.98 Å². The van der Waals surface area contributed by atoms with E-state index < -0.39 is 10.0 Å². The van der Waals surface area contributed by atoms with E-state index in [-0.39, 0.29) is 5.92 Å². The molecule has 0 aliphatic carbocycles. The minimum atomic E-state index is -3.49. The van der Waals surface area contributed by atoms with Crippen LogP contribution in [0.3, 0.4) is 0 Å². The van der Waals surface area contributed by atoms with Crippen LogP contribution in [0.15, 0.2) is 47.5 Å². The number of benzene rings is 1. The maximum absolute atomic E-state index is 13.1. The van der Waals surface area contributed by atoms with Crippen LogP contribution in [-0.4, -0.2) is 40.3 Å². The zero-order chi connectivity index (χ0) is 19.9. The van der Waals surface area contributed by atoms with Crippen molar-refractivity contribution >= 4 is 21.2 Å². The molecule has 0 unspecified atom stereocenters. The Morgan fingerprint density at radius 3 is 2.61 bits per heavy atom. The Bertz CT molecular complexity index is 1090. The standard InChI is InChI=1S/C21H26N4O2S/c1-4-25-20(23-19-6-5-12-22-21(19)25)17-11-13-24(14-17)28(26,27)18-9-7-16(8-10-18)15(2)3/h5-10,12,15,17H,4,11,13-14H2,1-3H3/t17-/m1/s1. The van der Waals surface area contributed by atoms with Crippen LogP contribution in [-0.2, 0) is 16.6 Å². The Kier molecular flexibility index (Phi) is 4.97. The predicted octanol–water partition coefficient (Wildman–Crippen LogP) is 3.75. The molecule has 0 radical (unpaired) electrons. The second-order valence-corrected chi connectivity index (χ2v) is 9.57. The smallest absolute Gasteiger partial charge is 0.243 e. The summed E-state index contributed by atoms with van der Waals surface area (Å²) in [5.74, 6) is 1.39.